The summed E-state index contributed by atoms with van der Waals surface area (Å²) in [4.78, 5) is 0. The zero-order valence-electron chi connectivity index (χ0n) is 12.3. The average Bonchev–Trinajstić information content (AvgIpc) is 3.11. The zero-order valence-corrected chi connectivity index (χ0v) is 12.3. The van der Waals surface area contributed by atoms with Crippen molar-refractivity contribution in [3.05, 3.63) is 59.7 Å². The topological polar surface area (TPSA) is 82.8 Å². The Kier molecular flexibility index (Phi) is 3.78. The van der Waals surface area contributed by atoms with Crippen molar-refractivity contribution in [2.75, 3.05) is 7.11 Å². The first kappa shape index (κ1) is 14.4. The van der Waals surface area contributed by atoms with Crippen LogP contribution in [0.2, 0.25) is 0 Å². The molecule has 2 aromatic carbocycles. The van der Waals surface area contributed by atoms with Crippen molar-refractivity contribution in [3.63, 3.8) is 0 Å². The van der Waals surface area contributed by atoms with Crippen LogP contribution in [-0.4, -0.2) is 12.3 Å². The third-order valence-corrected chi connectivity index (χ3v) is 3.42. The summed E-state index contributed by atoms with van der Waals surface area (Å²) in [6.45, 7) is 0. The summed E-state index contributed by atoms with van der Waals surface area (Å²) in [5.41, 5.74) is 3.29. The van der Waals surface area contributed by atoms with Gasteiger partial charge in [0.25, 0.3) is 0 Å². The van der Waals surface area contributed by atoms with Gasteiger partial charge in [0.1, 0.15) is 11.4 Å². The SMILES string of the molecule is COc1cc(C#N)ccc1-c1cc(-c2ccc(C#N)cc2)on1. The first-order valence-corrected chi connectivity index (χ1v) is 6.81. The van der Waals surface area contributed by atoms with Gasteiger partial charge in [-0.1, -0.05) is 5.16 Å². The number of methoxy groups -OCH3 is 1. The maximum absolute atomic E-state index is 8.95. The molecule has 0 fully saturated rings. The van der Waals surface area contributed by atoms with Gasteiger partial charge in [0.15, 0.2) is 5.76 Å². The molecule has 0 bridgehead atoms. The van der Waals surface area contributed by atoms with Gasteiger partial charge in [-0.2, -0.15) is 10.5 Å². The summed E-state index contributed by atoms with van der Waals surface area (Å²) in [5.74, 6) is 1.15. The third-order valence-electron chi connectivity index (χ3n) is 3.42. The van der Waals surface area contributed by atoms with Crippen molar-refractivity contribution in [3.8, 4) is 40.5 Å². The van der Waals surface area contributed by atoms with Gasteiger partial charge in [-0.3, -0.25) is 0 Å². The first-order chi connectivity index (χ1) is 11.2. The summed E-state index contributed by atoms with van der Waals surface area (Å²) in [7, 11) is 1.54. The molecule has 23 heavy (non-hydrogen) atoms. The van der Waals surface area contributed by atoms with E-state index in [9.17, 15) is 0 Å². The van der Waals surface area contributed by atoms with Crippen LogP contribution in [0.15, 0.2) is 53.1 Å². The van der Waals surface area contributed by atoms with Gasteiger partial charge in [-0.05, 0) is 42.5 Å². The van der Waals surface area contributed by atoms with Crippen LogP contribution in [-0.2, 0) is 0 Å². The van der Waals surface area contributed by atoms with Crippen LogP contribution in [0.4, 0.5) is 0 Å². The molecule has 1 heterocycles. The maximum Gasteiger partial charge on any atom is 0.167 e. The Hall–Kier alpha value is -3.57. The number of hydrogen-bond acceptors (Lipinski definition) is 5. The number of rotatable bonds is 3. The van der Waals surface area contributed by atoms with E-state index < -0.39 is 0 Å². The normalized spacial score (nSPS) is 9.87. The second kappa shape index (κ2) is 6.05. The smallest absolute Gasteiger partial charge is 0.167 e. The van der Waals surface area contributed by atoms with Gasteiger partial charge in [0, 0.05) is 17.2 Å². The lowest BCUT2D eigenvalue weighted by molar-refractivity contribution is 0.413. The molecule has 0 spiro atoms. The van der Waals surface area contributed by atoms with Crippen LogP contribution >= 0.6 is 0 Å². The predicted octanol–water partition coefficient (Wildman–Crippen LogP) is 3.76. The number of ether oxygens (including phenoxy) is 1. The molecule has 3 rings (SSSR count). The molecule has 1 aromatic heterocycles. The number of nitriles is 2. The molecule has 0 aliphatic carbocycles. The minimum Gasteiger partial charge on any atom is -0.496 e. The first-order valence-electron chi connectivity index (χ1n) is 6.81. The molecule has 5 heteroatoms. The lowest BCUT2D eigenvalue weighted by atomic mass is 10.1. The van der Waals surface area contributed by atoms with Crippen LogP contribution < -0.4 is 4.74 Å². The highest BCUT2D eigenvalue weighted by atomic mass is 16.5. The van der Waals surface area contributed by atoms with Crippen molar-refractivity contribution in [1.82, 2.24) is 5.16 Å². The Bertz CT molecular complexity index is 928. The summed E-state index contributed by atoms with van der Waals surface area (Å²) < 4.78 is 10.7. The molecule has 0 amide bonds. The van der Waals surface area contributed by atoms with Crippen molar-refractivity contribution >= 4 is 0 Å². The fourth-order valence-electron chi connectivity index (χ4n) is 2.22. The quantitative estimate of drug-likeness (QED) is 0.735. The molecule has 5 nitrogen and oxygen atoms in total. The monoisotopic (exact) mass is 301 g/mol. The van der Waals surface area contributed by atoms with E-state index in [1.807, 2.05) is 0 Å². The average molecular weight is 301 g/mol. The van der Waals surface area contributed by atoms with Crippen molar-refractivity contribution in [2.45, 2.75) is 0 Å². The van der Waals surface area contributed by atoms with Crippen LogP contribution in [0.5, 0.6) is 5.75 Å². The Morgan fingerprint density at radius 3 is 2.30 bits per heavy atom. The second-order valence-electron chi connectivity index (χ2n) is 4.79. The molecule has 0 N–H and O–H groups in total. The fraction of sp³-hybridized carbons (Fsp3) is 0.0556. The number of hydrogen-bond donors (Lipinski definition) is 0. The Morgan fingerprint density at radius 2 is 1.65 bits per heavy atom. The molecular formula is C18H11N3O2. The molecule has 110 valence electrons. The van der Waals surface area contributed by atoms with E-state index in [-0.39, 0.29) is 0 Å². The highest BCUT2D eigenvalue weighted by Crippen LogP contribution is 2.32. The fourth-order valence-corrected chi connectivity index (χ4v) is 2.22. The van der Waals surface area contributed by atoms with Gasteiger partial charge in [-0.15, -0.1) is 0 Å². The molecule has 0 saturated carbocycles. The lowest BCUT2D eigenvalue weighted by Crippen LogP contribution is -1.89. The minimum atomic E-state index is 0.515. The summed E-state index contributed by atoms with van der Waals surface area (Å²) >= 11 is 0. The lowest BCUT2D eigenvalue weighted by Gasteiger charge is -2.05. The molecular weight excluding hydrogens is 290 g/mol. The van der Waals surface area contributed by atoms with Gasteiger partial charge in [-0.25, -0.2) is 0 Å². The highest BCUT2D eigenvalue weighted by molar-refractivity contribution is 5.72. The maximum atomic E-state index is 8.95. The van der Waals surface area contributed by atoms with E-state index in [1.54, 1.807) is 55.6 Å². The number of aromatic nitrogens is 1. The van der Waals surface area contributed by atoms with Gasteiger partial charge < -0.3 is 9.26 Å². The van der Waals surface area contributed by atoms with Crippen LogP contribution in [0.3, 0.4) is 0 Å². The molecule has 3 aromatic rings. The van der Waals surface area contributed by atoms with E-state index >= 15 is 0 Å². The standard InChI is InChI=1S/C18H11N3O2/c1-22-18-8-13(11-20)4-7-15(18)16-9-17(23-21-16)14-5-2-12(10-19)3-6-14/h2-9H,1H3. The van der Waals surface area contributed by atoms with Crippen molar-refractivity contribution in [1.29, 1.82) is 10.5 Å². The van der Waals surface area contributed by atoms with Gasteiger partial charge >= 0.3 is 0 Å². The Balaban J connectivity index is 1.99. The third kappa shape index (κ3) is 2.76. The van der Waals surface area contributed by atoms with Crippen LogP contribution in [0.1, 0.15) is 11.1 Å². The van der Waals surface area contributed by atoms with Gasteiger partial charge in [0.2, 0.25) is 0 Å². The van der Waals surface area contributed by atoms with E-state index in [4.69, 9.17) is 19.8 Å². The molecule has 0 saturated heterocycles. The summed E-state index contributed by atoms with van der Waals surface area (Å²) in [6, 6.07) is 18.1. The summed E-state index contributed by atoms with van der Waals surface area (Å²) in [6.07, 6.45) is 0. The molecule has 0 aliphatic heterocycles. The highest BCUT2D eigenvalue weighted by Gasteiger charge is 2.13. The van der Waals surface area contributed by atoms with E-state index in [0.29, 0.717) is 28.3 Å². The largest absolute Gasteiger partial charge is 0.496 e. The molecule has 0 radical (unpaired) electrons. The van der Waals surface area contributed by atoms with Gasteiger partial charge in [0.05, 0.1) is 30.4 Å². The van der Waals surface area contributed by atoms with E-state index in [0.717, 1.165) is 11.1 Å². The van der Waals surface area contributed by atoms with E-state index in [1.165, 1.54) is 0 Å². The second-order valence-corrected chi connectivity index (χ2v) is 4.79. The number of benzene rings is 2. The van der Waals surface area contributed by atoms with Crippen LogP contribution in [0.25, 0.3) is 22.6 Å². The minimum absolute atomic E-state index is 0.515. The summed E-state index contributed by atoms with van der Waals surface area (Å²) in [5, 5.41) is 21.8. The van der Waals surface area contributed by atoms with Crippen molar-refractivity contribution in [2.24, 2.45) is 0 Å². The zero-order chi connectivity index (χ0) is 16.2. The predicted molar refractivity (Wildman–Crippen MR) is 83.4 cm³/mol. The van der Waals surface area contributed by atoms with E-state index in [2.05, 4.69) is 17.3 Å². The molecule has 0 atom stereocenters. The Morgan fingerprint density at radius 1 is 0.957 bits per heavy atom. The molecule has 0 aliphatic rings. The molecule has 0 unspecified atom stereocenters. The van der Waals surface area contributed by atoms with Crippen LogP contribution in [0, 0.1) is 22.7 Å². The Labute approximate surface area is 133 Å². The van der Waals surface area contributed by atoms with Crippen molar-refractivity contribution < 1.29 is 9.26 Å². The number of nitrogens with zero attached hydrogens (tertiary/aromatic N) is 3.